The smallest absolute Gasteiger partial charge is 0.258 e. The maximum atomic E-state index is 13.5. The normalized spacial score (nSPS) is 22.9. The lowest BCUT2D eigenvalue weighted by molar-refractivity contribution is 0.0638. The van der Waals surface area contributed by atoms with E-state index in [1.165, 1.54) is 0 Å². The van der Waals surface area contributed by atoms with Gasteiger partial charge in [-0.3, -0.25) is 15.6 Å². The summed E-state index contributed by atoms with van der Waals surface area (Å²) in [7, 11) is 3.31. The Hall–Kier alpha value is -1.63. The van der Waals surface area contributed by atoms with Crippen LogP contribution in [0.4, 0.5) is 0 Å². The van der Waals surface area contributed by atoms with Crippen LogP contribution in [0.2, 0.25) is 0 Å². The van der Waals surface area contributed by atoms with Gasteiger partial charge in [0.25, 0.3) is 5.91 Å². The minimum Gasteiger partial charge on any atom is -0.496 e. The Bertz CT molecular complexity index is 608. The van der Waals surface area contributed by atoms with Gasteiger partial charge in [0.2, 0.25) is 0 Å². The molecule has 6 heteroatoms. The first-order valence-electron chi connectivity index (χ1n) is 9.33. The molecule has 2 rings (SSSR count). The molecule has 1 aromatic carbocycles. The van der Waals surface area contributed by atoms with E-state index in [1.807, 2.05) is 50.8 Å². The Morgan fingerprint density at radius 3 is 2.35 bits per heavy atom. The molecule has 3 atom stereocenters. The number of nitrogens with one attached hydrogen (secondary N) is 2. The number of carbonyl (C=O) groups excluding carboxylic acids is 1. The largest absolute Gasteiger partial charge is 0.496 e. The second-order valence-corrected chi connectivity index (χ2v) is 7.49. The van der Waals surface area contributed by atoms with Gasteiger partial charge in [-0.25, -0.2) is 0 Å². The molecule has 3 unspecified atom stereocenters. The lowest BCUT2D eigenvalue weighted by atomic mass is 9.84. The van der Waals surface area contributed by atoms with Crippen LogP contribution in [0.15, 0.2) is 18.2 Å². The molecule has 146 valence electrons. The topological polar surface area (TPSA) is 62.8 Å². The van der Waals surface area contributed by atoms with Gasteiger partial charge in [-0.15, -0.1) is 0 Å². The van der Waals surface area contributed by atoms with Crippen LogP contribution in [-0.2, 0) is 4.74 Å². The first-order valence-corrected chi connectivity index (χ1v) is 9.33. The van der Waals surface area contributed by atoms with Crippen LogP contribution in [0.1, 0.15) is 56.5 Å². The molecule has 0 bridgehead atoms. The summed E-state index contributed by atoms with van der Waals surface area (Å²) in [6.07, 6.45) is 0. The summed E-state index contributed by atoms with van der Waals surface area (Å²) < 4.78 is 11.0. The molecular weight excluding hydrogens is 330 g/mol. The van der Waals surface area contributed by atoms with Gasteiger partial charge >= 0.3 is 0 Å². The summed E-state index contributed by atoms with van der Waals surface area (Å²) in [6, 6.07) is 6.31. The van der Waals surface area contributed by atoms with Gasteiger partial charge in [-0.2, -0.15) is 0 Å². The molecule has 0 aliphatic carbocycles. The van der Waals surface area contributed by atoms with Crippen molar-refractivity contribution in [3.05, 3.63) is 29.3 Å². The van der Waals surface area contributed by atoms with Gasteiger partial charge in [0.05, 0.1) is 25.3 Å². The lowest BCUT2D eigenvalue weighted by Crippen LogP contribution is -2.43. The van der Waals surface area contributed by atoms with Crippen molar-refractivity contribution in [1.82, 2.24) is 15.8 Å². The molecule has 1 fully saturated rings. The van der Waals surface area contributed by atoms with Crippen LogP contribution >= 0.6 is 0 Å². The summed E-state index contributed by atoms with van der Waals surface area (Å²) in [5, 5.41) is 0. The highest BCUT2D eigenvalue weighted by Gasteiger charge is 2.38. The van der Waals surface area contributed by atoms with E-state index in [2.05, 4.69) is 17.8 Å². The van der Waals surface area contributed by atoms with Crippen molar-refractivity contribution >= 4 is 5.91 Å². The first kappa shape index (κ1) is 20.7. The standard InChI is InChI=1S/C20H33N3O3/c1-12(2)23(13(3)4)20(24)19-15(9-8-10-17(19)26-7)18-14(5)21-22-16(18)11-25-6/h8-10,12-14,16,18,21-22H,11H2,1-7H3. The second-order valence-electron chi connectivity index (χ2n) is 7.49. The monoisotopic (exact) mass is 363 g/mol. The molecule has 2 N–H and O–H groups in total. The number of ether oxygens (including phenoxy) is 2. The van der Waals surface area contributed by atoms with Crippen LogP contribution in [0.5, 0.6) is 5.75 Å². The predicted molar refractivity (Wildman–Crippen MR) is 104 cm³/mol. The molecule has 0 spiro atoms. The van der Waals surface area contributed by atoms with Crippen molar-refractivity contribution < 1.29 is 14.3 Å². The summed E-state index contributed by atoms with van der Waals surface area (Å²) in [5.41, 5.74) is 8.23. The molecule has 0 aromatic heterocycles. The minimum atomic E-state index is 0.0118. The molecule has 0 saturated carbocycles. The number of hydrogen-bond acceptors (Lipinski definition) is 5. The molecular formula is C20H33N3O3. The number of hydrazine groups is 1. The van der Waals surface area contributed by atoms with E-state index < -0.39 is 0 Å². The molecule has 1 aliphatic heterocycles. The zero-order valence-corrected chi connectivity index (χ0v) is 17.0. The maximum Gasteiger partial charge on any atom is 0.258 e. The average molecular weight is 364 g/mol. The number of hydrogen-bond donors (Lipinski definition) is 2. The zero-order chi connectivity index (χ0) is 19.4. The molecule has 1 amide bonds. The highest BCUT2D eigenvalue weighted by molar-refractivity contribution is 5.99. The van der Waals surface area contributed by atoms with Gasteiger partial charge in [0.15, 0.2) is 0 Å². The highest BCUT2D eigenvalue weighted by atomic mass is 16.5. The van der Waals surface area contributed by atoms with Gasteiger partial charge in [-0.1, -0.05) is 12.1 Å². The third-order valence-corrected chi connectivity index (χ3v) is 5.01. The summed E-state index contributed by atoms with van der Waals surface area (Å²) in [4.78, 5) is 15.4. The van der Waals surface area contributed by atoms with Crippen molar-refractivity contribution in [2.75, 3.05) is 20.8 Å². The zero-order valence-electron chi connectivity index (χ0n) is 17.0. The SMILES string of the molecule is COCC1NNC(C)C1c1cccc(OC)c1C(=O)N(C(C)C)C(C)C. The van der Waals surface area contributed by atoms with Crippen LogP contribution in [0, 0.1) is 0 Å². The highest BCUT2D eigenvalue weighted by Crippen LogP contribution is 2.35. The molecule has 26 heavy (non-hydrogen) atoms. The van der Waals surface area contributed by atoms with Crippen molar-refractivity contribution in [1.29, 1.82) is 0 Å². The fourth-order valence-corrected chi connectivity index (χ4v) is 4.00. The van der Waals surface area contributed by atoms with Crippen molar-refractivity contribution in [3.8, 4) is 5.75 Å². The van der Waals surface area contributed by atoms with E-state index in [0.29, 0.717) is 17.9 Å². The van der Waals surface area contributed by atoms with Gasteiger partial charge in [0, 0.05) is 31.2 Å². The Morgan fingerprint density at radius 2 is 1.81 bits per heavy atom. The van der Waals surface area contributed by atoms with Crippen LogP contribution in [0.25, 0.3) is 0 Å². The molecule has 1 saturated heterocycles. The Labute approximate surface area is 157 Å². The Balaban J connectivity index is 2.56. The van der Waals surface area contributed by atoms with Crippen LogP contribution in [0.3, 0.4) is 0 Å². The first-order chi connectivity index (χ1) is 12.3. The van der Waals surface area contributed by atoms with E-state index in [9.17, 15) is 4.79 Å². The van der Waals surface area contributed by atoms with E-state index in [-0.39, 0.29) is 36.0 Å². The number of rotatable bonds is 7. The summed E-state index contributed by atoms with van der Waals surface area (Å²) in [5.74, 6) is 0.733. The summed E-state index contributed by atoms with van der Waals surface area (Å²) >= 11 is 0. The Kier molecular flexibility index (Phi) is 7.03. The van der Waals surface area contributed by atoms with Gasteiger partial charge in [0.1, 0.15) is 5.75 Å². The van der Waals surface area contributed by atoms with Crippen molar-refractivity contribution in [3.63, 3.8) is 0 Å². The Morgan fingerprint density at radius 1 is 1.15 bits per heavy atom. The molecule has 0 radical (unpaired) electrons. The third kappa shape index (κ3) is 4.03. The van der Waals surface area contributed by atoms with E-state index in [4.69, 9.17) is 9.47 Å². The van der Waals surface area contributed by atoms with Crippen molar-refractivity contribution in [2.45, 2.75) is 64.7 Å². The average Bonchev–Trinajstić information content (AvgIpc) is 2.94. The summed E-state index contributed by atoms with van der Waals surface area (Å²) in [6.45, 7) is 10.8. The molecule has 1 heterocycles. The second kappa shape index (κ2) is 8.84. The van der Waals surface area contributed by atoms with E-state index in [0.717, 1.165) is 5.56 Å². The number of methoxy groups -OCH3 is 2. The number of carbonyl (C=O) groups is 1. The maximum absolute atomic E-state index is 13.5. The number of nitrogens with zero attached hydrogens (tertiary/aromatic N) is 1. The number of benzene rings is 1. The fourth-order valence-electron chi connectivity index (χ4n) is 4.00. The van der Waals surface area contributed by atoms with E-state index in [1.54, 1.807) is 14.2 Å². The van der Waals surface area contributed by atoms with Crippen LogP contribution in [-0.4, -0.2) is 55.8 Å². The molecule has 1 aliphatic rings. The van der Waals surface area contributed by atoms with Gasteiger partial charge in [-0.05, 0) is 46.2 Å². The van der Waals surface area contributed by atoms with E-state index >= 15 is 0 Å². The quantitative estimate of drug-likeness (QED) is 0.780. The van der Waals surface area contributed by atoms with Crippen LogP contribution < -0.4 is 15.6 Å². The third-order valence-electron chi connectivity index (χ3n) is 5.01. The fraction of sp³-hybridized carbons (Fsp3) is 0.650. The lowest BCUT2D eigenvalue weighted by Gasteiger charge is -2.33. The molecule has 1 aromatic rings. The number of amides is 1. The minimum absolute atomic E-state index is 0.0118. The molecule has 6 nitrogen and oxygen atoms in total. The van der Waals surface area contributed by atoms with Crippen molar-refractivity contribution in [2.24, 2.45) is 0 Å². The van der Waals surface area contributed by atoms with Gasteiger partial charge < -0.3 is 14.4 Å². The predicted octanol–water partition coefficient (Wildman–Crippen LogP) is 2.55.